The van der Waals surface area contributed by atoms with E-state index in [1.165, 1.54) is 4.52 Å². The van der Waals surface area contributed by atoms with Crippen molar-refractivity contribution in [3.05, 3.63) is 22.4 Å². The van der Waals surface area contributed by atoms with Gasteiger partial charge in [0.2, 0.25) is 0 Å². The zero-order valence-electron chi connectivity index (χ0n) is 11.1. The second-order valence-electron chi connectivity index (χ2n) is 5.00. The van der Waals surface area contributed by atoms with Gasteiger partial charge < -0.3 is 4.74 Å². The van der Waals surface area contributed by atoms with Crippen LogP contribution in [0.1, 0.15) is 26.3 Å². The van der Waals surface area contributed by atoms with Gasteiger partial charge in [-0.3, -0.25) is 5.32 Å². The third-order valence-electron chi connectivity index (χ3n) is 2.17. The lowest BCUT2D eigenvalue weighted by molar-refractivity contribution is 0.0635. The van der Waals surface area contributed by atoms with Crippen LogP contribution in [0.25, 0.3) is 5.65 Å². The summed E-state index contributed by atoms with van der Waals surface area (Å²) in [5, 5.41) is 15.7. The number of nitrogens with zero attached hydrogens (tertiary/aromatic N) is 4. The number of amides is 1. The maximum Gasteiger partial charge on any atom is 0.413 e. The van der Waals surface area contributed by atoms with Gasteiger partial charge in [-0.15, -0.1) is 5.10 Å². The summed E-state index contributed by atoms with van der Waals surface area (Å²) >= 11 is 3.26. The second kappa shape index (κ2) is 5.09. The Kier molecular flexibility index (Phi) is 3.63. The minimum absolute atomic E-state index is 0.118. The molecule has 0 aliphatic rings. The molecule has 0 aliphatic heterocycles. The molecule has 2 heterocycles. The van der Waals surface area contributed by atoms with Crippen molar-refractivity contribution in [2.75, 3.05) is 5.32 Å². The maximum atomic E-state index is 11.7. The first kappa shape index (κ1) is 14.3. The SMILES string of the molecule is CC(C)(C)OC(=O)Nc1nn2cc(Br)cnc2c1C#N. The van der Waals surface area contributed by atoms with Gasteiger partial charge >= 0.3 is 6.09 Å². The molecule has 2 rings (SSSR count). The fraction of sp³-hybridized carbons (Fsp3) is 0.333. The summed E-state index contributed by atoms with van der Waals surface area (Å²) in [6.07, 6.45) is 2.52. The molecule has 8 heteroatoms. The highest BCUT2D eigenvalue weighted by Gasteiger charge is 2.20. The molecule has 7 nitrogen and oxygen atoms in total. The molecule has 2 aromatic heterocycles. The van der Waals surface area contributed by atoms with E-state index in [0.717, 1.165) is 0 Å². The summed E-state index contributed by atoms with van der Waals surface area (Å²) in [6.45, 7) is 5.25. The average Bonchev–Trinajstić information content (AvgIpc) is 2.62. The first-order chi connectivity index (χ1) is 9.30. The highest BCUT2D eigenvalue weighted by atomic mass is 79.9. The predicted molar refractivity (Wildman–Crippen MR) is 75.3 cm³/mol. The summed E-state index contributed by atoms with van der Waals surface area (Å²) in [5.41, 5.74) is -0.0812. The summed E-state index contributed by atoms with van der Waals surface area (Å²) < 4.78 is 7.24. The Labute approximate surface area is 123 Å². The minimum Gasteiger partial charge on any atom is -0.444 e. The highest BCUT2D eigenvalue weighted by molar-refractivity contribution is 9.10. The first-order valence-corrected chi connectivity index (χ1v) is 6.53. The van der Waals surface area contributed by atoms with Crippen LogP contribution in [0, 0.1) is 11.3 Å². The van der Waals surface area contributed by atoms with Crippen molar-refractivity contribution in [3.8, 4) is 6.07 Å². The van der Waals surface area contributed by atoms with Gasteiger partial charge in [0.25, 0.3) is 0 Å². The predicted octanol–water partition coefficient (Wildman–Crippen LogP) is 2.71. The van der Waals surface area contributed by atoms with E-state index in [9.17, 15) is 10.1 Å². The minimum atomic E-state index is -0.670. The Hall–Kier alpha value is -2.14. The van der Waals surface area contributed by atoms with Gasteiger partial charge in [-0.1, -0.05) is 0 Å². The molecule has 0 radical (unpaired) electrons. The van der Waals surface area contributed by atoms with E-state index in [1.54, 1.807) is 33.2 Å². The number of carbonyl (C=O) groups excluding carboxylic acids is 1. The largest absolute Gasteiger partial charge is 0.444 e. The molecule has 20 heavy (non-hydrogen) atoms. The molecule has 104 valence electrons. The van der Waals surface area contributed by atoms with Crippen molar-refractivity contribution in [1.29, 1.82) is 5.26 Å². The Morgan fingerprint density at radius 1 is 1.55 bits per heavy atom. The van der Waals surface area contributed by atoms with E-state index < -0.39 is 11.7 Å². The van der Waals surface area contributed by atoms with Crippen LogP contribution < -0.4 is 5.32 Å². The topological polar surface area (TPSA) is 92.3 Å². The molecule has 0 bridgehead atoms. The Bertz CT molecular complexity index is 711. The van der Waals surface area contributed by atoms with Crippen LogP contribution in [0.3, 0.4) is 0 Å². The molecule has 0 aliphatic carbocycles. The van der Waals surface area contributed by atoms with Crippen molar-refractivity contribution in [2.24, 2.45) is 0 Å². The highest BCUT2D eigenvalue weighted by Crippen LogP contribution is 2.20. The molecule has 0 unspecified atom stereocenters. The first-order valence-electron chi connectivity index (χ1n) is 5.74. The van der Waals surface area contributed by atoms with Gasteiger partial charge in [0, 0.05) is 12.4 Å². The number of fused-ring (bicyclic) bond motifs is 1. The molecular weight excluding hydrogens is 326 g/mol. The summed E-state index contributed by atoms with van der Waals surface area (Å²) in [7, 11) is 0. The van der Waals surface area contributed by atoms with Gasteiger partial charge in [-0.2, -0.15) is 5.26 Å². The second-order valence-corrected chi connectivity index (χ2v) is 5.92. The van der Waals surface area contributed by atoms with E-state index in [4.69, 9.17) is 4.74 Å². The van der Waals surface area contributed by atoms with Gasteiger partial charge in [0.05, 0.1) is 4.47 Å². The third kappa shape index (κ3) is 3.05. The zero-order chi connectivity index (χ0) is 14.9. The molecule has 2 aromatic rings. The van der Waals surface area contributed by atoms with Gasteiger partial charge in [0.1, 0.15) is 17.2 Å². The monoisotopic (exact) mass is 337 g/mol. The van der Waals surface area contributed by atoms with Crippen molar-refractivity contribution in [1.82, 2.24) is 14.6 Å². The number of hydrogen-bond donors (Lipinski definition) is 1. The van der Waals surface area contributed by atoms with Crippen molar-refractivity contribution in [3.63, 3.8) is 0 Å². The number of nitriles is 1. The van der Waals surface area contributed by atoms with Crippen LogP contribution in [0.5, 0.6) is 0 Å². The molecule has 0 saturated heterocycles. The number of hydrogen-bond acceptors (Lipinski definition) is 5. The van der Waals surface area contributed by atoms with Crippen LogP contribution in [0.4, 0.5) is 10.6 Å². The van der Waals surface area contributed by atoms with Gasteiger partial charge in [0.15, 0.2) is 11.5 Å². The normalized spacial score (nSPS) is 11.2. The Morgan fingerprint density at radius 3 is 2.85 bits per heavy atom. The molecular formula is C12H12BrN5O2. The Balaban J connectivity index is 2.35. The fourth-order valence-corrected chi connectivity index (χ4v) is 1.80. The number of ether oxygens (including phenoxy) is 1. The van der Waals surface area contributed by atoms with E-state index in [1.807, 2.05) is 6.07 Å². The van der Waals surface area contributed by atoms with Crippen molar-refractivity contribution in [2.45, 2.75) is 26.4 Å². The number of carbonyl (C=O) groups is 1. The van der Waals surface area contributed by atoms with Crippen molar-refractivity contribution >= 4 is 33.5 Å². The van der Waals surface area contributed by atoms with E-state index in [0.29, 0.717) is 10.1 Å². The molecule has 1 amide bonds. The molecule has 0 saturated carbocycles. The summed E-state index contributed by atoms with van der Waals surface area (Å²) in [5.74, 6) is 0.118. The van der Waals surface area contributed by atoms with E-state index in [2.05, 4.69) is 31.3 Å². The molecule has 0 aromatic carbocycles. The van der Waals surface area contributed by atoms with Crippen LogP contribution >= 0.6 is 15.9 Å². The quantitative estimate of drug-likeness (QED) is 0.863. The van der Waals surface area contributed by atoms with Gasteiger partial charge in [-0.25, -0.2) is 14.3 Å². The lowest BCUT2D eigenvalue weighted by Gasteiger charge is -2.19. The summed E-state index contributed by atoms with van der Waals surface area (Å²) in [6, 6.07) is 1.97. The van der Waals surface area contributed by atoms with E-state index >= 15 is 0 Å². The van der Waals surface area contributed by atoms with E-state index in [-0.39, 0.29) is 11.4 Å². The molecule has 0 fully saturated rings. The number of aromatic nitrogens is 3. The lowest BCUT2D eigenvalue weighted by atomic mass is 10.2. The number of anilines is 1. The smallest absolute Gasteiger partial charge is 0.413 e. The summed E-state index contributed by atoms with van der Waals surface area (Å²) in [4.78, 5) is 15.8. The average molecular weight is 338 g/mol. The third-order valence-corrected chi connectivity index (χ3v) is 2.58. The van der Waals surface area contributed by atoms with Crippen LogP contribution in [-0.2, 0) is 4.74 Å². The zero-order valence-corrected chi connectivity index (χ0v) is 12.7. The van der Waals surface area contributed by atoms with Gasteiger partial charge in [-0.05, 0) is 36.7 Å². The number of halogens is 1. The number of rotatable bonds is 1. The Morgan fingerprint density at radius 2 is 2.25 bits per heavy atom. The fourth-order valence-electron chi connectivity index (χ4n) is 1.50. The van der Waals surface area contributed by atoms with Crippen LogP contribution in [0.15, 0.2) is 16.9 Å². The number of nitrogens with one attached hydrogen (secondary N) is 1. The molecule has 0 spiro atoms. The molecule has 0 atom stereocenters. The standard InChI is InChI=1S/C12H12BrN5O2/c1-12(2,3)20-11(19)16-9-8(4-14)10-15-5-7(13)6-18(10)17-9/h5-6H,1-3H3,(H,16,17,19). The van der Waals surface area contributed by atoms with Crippen LogP contribution in [-0.4, -0.2) is 26.3 Å². The maximum absolute atomic E-state index is 11.7. The molecule has 1 N–H and O–H groups in total. The lowest BCUT2D eigenvalue weighted by Crippen LogP contribution is -2.27. The van der Waals surface area contributed by atoms with Crippen molar-refractivity contribution < 1.29 is 9.53 Å². The van der Waals surface area contributed by atoms with Crippen LogP contribution in [0.2, 0.25) is 0 Å².